The Morgan fingerprint density at radius 1 is 1.18 bits per heavy atom. The highest BCUT2D eigenvalue weighted by atomic mass is 19.1. The molecule has 1 N–H and O–H groups in total. The molecule has 2 aliphatic rings. The Hall–Kier alpha value is -1.91. The highest BCUT2D eigenvalue weighted by Gasteiger charge is 2.46. The maximum Gasteiger partial charge on any atom is 0.308 e. The van der Waals surface area contributed by atoms with E-state index < -0.39 is 11.9 Å². The van der Waals surface area contributed by atoms with Gasteiger partial charge in [-0.05, 0) is 48.8 Å². The molecule has 1 saturated carbocycles. The standard InChI is InChI=1S/C17H20FNO3/c18-13-6-1-11(2-7-13)3-8-16(20)19-9-14(12-4-5-12)15(10-19)17(21)22/h1-2,6-7,12,14-15H,3-5,8-10H2,(H,21,22)/t14-,15+/m1/s1. The number of carboxylic acid groups (broad SMARTS) is 1. The van der Waals surface area contributed by atoms with E-state index in [2.05, 4.69) is 0 Å². The molecule has 22 heavy (non-hydrogen) atoms. The second kappa shape index (κ2) is 6.07. The summed E-state index contributed by atoms with van der Waals surface area (Å²) in [4.78, 5) is 25.4. The Morgan fingerprint density at radius 2 is 1.86 bits per heavy atom. The third-order valence-corrected chi connectivity index (χ3v) is 4.80. The predicted octanol–water partition coefficient (Wildman–Crippen LogP) is 2.33. The number of carbonyl (C=O) groups is 2. The molecule has 0 bridgehead atoms. The minimum Gasteiger partial charge on any atom is -0.481 e. The van der Waals surface area contributed by atoms with Crippen molar-refractivity contribution in [2.75, 3.05) is 13.1 Å². The molecule has 2 fully saturated rings. The summed E-state index contributed by atoms with van der Waals surface area (Å²) in [5.74, 6) is -0.888. The molecule has 0 spiro atoms. The molecular weight excluding hydrogens is 285 g/mol. The minimum atomic E-state index is -0.786. The zero-order chi connectivity index (χ0) is 15.7. The molecular formula is C17H20FNO3. The number of aliphatic carboxylic acids is 1. The summed E-state index contributed by atoms with van der Waals surface area (Å²) in [6.07, 6.45) is 3.08. The van der Waals surface area contributed by atoms with Gasteiger partial charge in [0.1, 0.15) is 5.82 Å². The van der Waals surface area contributed by atoms with Gasteiger partial charge in [0.15, 0.2) is 0 Å². The van der Waals surface area contributed by atoms with Gasteiger partial charge < -0.3 is 10.0 Å². The van der Waals surface area contributed by atoms with Gasteiger partial charge in [-0.25, -0.2) is 4.39 Å². The lowest BCUT2D eigenvalue weighted by atomic mass is 9.92. The van der Waals surface area contributed by atoms with Gasteiger partial charge in [0.2, 0.25) is 5.91 Å². The molecule has 1 aliphatic carbocycles. The van der Waals surface area contributed by atoms with Crippen LogP contribution in [0.25, 0.3) is 0 Å². The van der Waals surface area contributed by atoms with Gasteiger partial charge in [0.05, 0.1) is 5.92 Å². The summed E-state index contributed by atoms with van der Waals surface area (Å²) in [5, 5.41) is 9.32. The predicted molar refractivity (Wildman–Crippen MR) is 78.6 cm³/mol. The van der Waals surface area contributed by atoms with Crippen LogP contribution in [0.2, 0.25) is 0 Å². The Bertz CT molecular complexity index is 568. The van der Waals surface area contributed by atoms with Gasteiger partial charge in [0.25, 0.3) is 0 Å². The molecule has 1 aromatic rings. The molecule has 3 rings (SSSR count). The van der Waals surface area contributed by atoms with E-state index in [0.717, 1.165) is 18.4 Å². The normalized spacial score (nSPS) is 24.5. The SMILES string of the molecule is O=C(O)[C@H]1CN(C(=O)CCc2ccc(F)cc2)C[C@@H]1C1CC1. The number of benzene rings is 1. The summed E-state index contributed by atoms with van der Waals surface area (Å²) in [7, 11) is 0. The topological polar surface area (TPSA) is 57.6 Å². The number of likely N-dealkylation sites (tertiary alicyclic amines) is 1. The number of carbonyl (C=O) groups excluding carboxylic acids is 1. The lowest BCUT2D eigenvalue weighted by Crippen LogP contribution is -2.30. The number of rotatable bonds is 5. The molecule has 1 aliphatic heterocycles. The van der Waals surface area contributed by atoms with Crippen LogP contribution in [0.15, 0.2) is 24.3 Å². The van der Waals surface area contributed by atoms with E-state index in [1.165, 1.54) is 12.1 Å². The van der Waals surface area contributed by atoms with Crippen molar-refractivity contribution in [2.24, 2.45) is 17.8 Å². The molecule has 1 amide bonds. The smallest absolute Gasteiger partial charge is 0.308 e. The van der Waals surface area contributed by atoms with Gasteiger partial charge in [-0.15, -0.1) is 0 Å². The number of hydrogen-bond acceptors (Lipinski definition) is 2. The summed E-state index contributed by atoms with van der Waals surface area (Å²) in [5.41, 5.74) is 0.919. The molecule has 5 heteroatoms. The zero-order valence-corrected chi connectivity index (χ0v) is 12.4. The first kappa shape index (κ1) is 15.0. The highest BCUT2D eigenvalue weighted by molar-refractivity contribution is 5.79. The lowest BCUT2D eigenvalue weighted by Gasteiger charge is -2.16. The number of nitrogens with zero attached hydrogens (tertiary/aromatic N) is 1. The van der Waals surface area contributed by atoms with Crippen LogP contribution in [0.4, 0.5) is 4.39 Å². The van der Waals surface area contributed by atoms with Gasteiger partial charge in [-0.3, -0.25) is 9.59 Å². The van der Waals surface area contributed by atoms with Crippen molar-refractivity contribution in [1.29, 1.82) is 0 Å². The fourth-order valence-electron chi connectivity index (χ4n) is 3.36. The number of amides is 1. The second-order valence-electron chi connectivity index (χ2n) is 6.37. The zero-order valence-electron chi connectivity index (χ0n) is 12.4. The van der Waals surface area contributed by atoms with Crippen molar-refractivity contribution in [3.05, 3.63) is 35.6 Å². The van der Waals surface area contributed by atoms with Crippen LogP contribution in [0.5, 0.6) is 0 Å². The van der Waals surface area contributed by atoms with E-state index in [9.17, 15) is 19.1 Å². The van der Waals surface area contributed by atoms with Crippen LogP contribution in [0.1, 0.15) is 24.8 Å². The van der Waals surface area contributed by atoms with E-state index in [1.54, 1.807) is 17.0 Å². The average molecular weight is 305 g/mol. The number of hydrogen-bond donors (Lipinski definition) is 1. The van der Waals surface area contributed by atoms with Gasteiger partial charge in [-0.1, -0.05) is 12.1 Å². The van der Waals surface area contributed by atoms with Crippen LogP contribution in [-0.4, -0.2) is 35.0 Å². The molecule has 118 valence electrons. The number of carboxylic acids is 1. The number of halogens is 1. The molecule has 2 atom stereocenters. The van der Waals surface area contributed by atoms with Crippen molar-refractivity contribution in [2.45, 2.75) is 25.7 Å². The first-order valence-electron chi connectivity index (χ1n) is 7.79. The Morgan fingerprint density at radius 3 is 2.45 bits per heavy atom. The molecule has 0 aromatic heterocycles. The van der Waals surface area contributed by atoms with E-state index >= 15 is 0 Å². The average Bonchev–Trinajstić information content (AvgIpc) is 3.24. The van der Waals surface area contributed by atoms with E-state index in [-0.39, 0.29) is 17.6 Å². The fourth-order valence-corrected chi connectivity index (χ4v) is 3.36. The van der Waals surface area contributed by atoms with Crippen LogP contribution >= 0.6 is 0 Å². The minimum absolute atomic E-state index is 0.00118. The van der Waals surface area contributed by atoms with Gasteiger partial charge >= 0.3 is 5.97 Å². The molecule has 4 nitrogen and oxygen atoms in total. The monoisotopic (exact) mass is 305 g/mol. The molecule has 1 saturated heterocycles. The summed E-state index contributed by atoms with van der Waals surface area (Å²) in [6.45, 7) is 0.905. The third-order valence-electron chi connectivity index (χ3n) is 4.80. The summed E-state index contributed by atoms with van der Waals surface area (Å²) >= 11 is 0. The Kier molecular flexibility index (Phi) is 4.14. The van der Waals surface area contributed by atoms with E-state index in [1.807, 2.05) is 0 Å². The Balaban J connectivity index is 1.56. The number of aryl methyl sites for hydroxylation is 1. The molecule has 0 unspecified atom stereocenters. The van der Waals surface area contributed by atoms with Crippen molar-refractivity contribution in [3.63, 3.8) is 0 Å². The summed E-state index contributed by atoms with van der Waals surface area (Å²) in [6, 6.07) is 6.14. The third kappa shape index (κ3) is 3.29. The molecule has 1 heterocycles. The van der Waals surface area contributed by atoms with Crippen molar-refractivity contribution in [3.8, 4) is 0 Å². The van der Waals surface area contributed by atoms with Crippen LogP contribution in [0, 0.1) is 23.6 Å². The van der Waals surface area contributed by atoms with Crippen LogP contribution in [0.3, 0.4) is 0 Å². The van der Waals surface area contributed by atoms with Crippen LogP contribution < -0.4 is 0 Å². The quantitative estimate of drug-likeness (QED) is 0.908. The van der Waals surface area contributed by atoms with Crippen molar-refractivity contribution >= 4 is 11.9 Å². The van der Waals surface area contributed by atoms with Crippen molar-refractivity contribution in [1.82, 2.24) is 4.90 Å². The van der Waals surface area contributed by atoms with Crippen LogP contribution in [-0.2, 0) is 16.0 Å². The largest absolute Gasteiger partial charge is 0.481 e. The van der Waals surface area contributed by atoms with E-state index in [0.29, 0.717) is 31.8 Å². The van der Waals surface area contributed by atoms with Gasteiger partial charge in [0, 0.05) is 19.5 Å². The van der Waals surface area contributed by atoms with Gasteiger partial charge in [-0.2, -0.15) is 0 Å². The fraction of sp³-hybridized carbons (Fsp3) is 0.529. The molecule has 1 aromatic carbocycles. The second-order valence-corrected chi connectivity index (χ2v) is 6.37. The highest BCUT2D eigenvalue weighted by Crippen LogP contribution is 2.44. The summed E-state index contributed by atoms with van der Waals surface area (Å²) < 4.78 is 12.8. The van der Waals surface area contributed by atoms with E-state index in [4.69, 9.17) is 0 Å². The molecule has 0 radical (unpaired) electrons. The lowest BCUT2D eigenvalue weighted by molar-refractivity contribution is -0.142. The first-order valence-corrected chi connectivity index (χ1v) is 7.79. The first-order chi connectivity index (χ1) is 10.5. The maximum atomic E-state index is 12.8. The Labute approximate surface area is 128 Å². The maximum absolute atomic E-state index is 12.8. The van der Waals surface area contributed by atoms with Crippen molar-refractivity contribution < 1.29 is 19.1 Å².